The van der Waals surface area contributed by atoms with Crippen LogP contribution in [0.5, 0.6) is 0 Å². The van der Waals surface area contributed by atoms with Crippen LogP contribution in [0.15, 0.2) is 5.38 Å². The first kappa shape index (κ1) is 17.9. The van der Waals surface area contributed by atoms with Crippen molar-refractivity contribution in [3.63, 3.8) is 0 Å². The number of aryl methyl sites for hydroxylation is 1. The Hall–Kier alpha value is -1.43. The lowest BCUT2D eigenvalue weighted by Gasteiger charge is -2.31. The number of nitrogens with zero attached hydrogens (tertiary/aromatic N) is 2. The molecule has 1 saturated heterocycles. The van der Waals surface area contributed by atoms with E-state index in [1.165, 1.54) is 0 Å². The summed E-state index contributed by atoms with van der Waals surface area (Å²) < 4.78 is 0. The quantitative estimate of drug-likeness (QED) is 0.832. The molecule has 2 rings (SSSR count). The Bertz CT molecular complexity index is 522. The maximum absolute atomic E-state index is 12.2. The third-order valence-electron chi connectivity index (χ3n) is 4.31. The fourth-order valence-corrected chi connectivity index (χ4v) is 3.51. The molecule has 23 heavy (non-hydrogen) atoms. The fraction of sp³-hybridized carbons (Fsp3) is 0.706. The van der Waals surface area contributed by atoms with Crippen LogP contribution in [0.1, 0.15) is 49.7 Å². The predicted octanol–water partition coefficient (Wildman–Crippen LogP) is 2.54. The summed E-state index contributed by atoms with van der Waals surface area (Å²) in [4.78, 5) is 30.5. The van der Waals surface area contributed by atoms with Gasteiger partial charge in [-0.1, -0.05) is 13.3 Å². The van der Waals surface area contributed by atoms with Gasteiger partial charge in [-0.15, -0.1) is 11.3 Å². The van der Waals surface area contributed by atoms with E-state index in [1.807, 2.05) is 17.2 Å². The lowest BCUT2D eigenvalue weighted by Crippen LogP contribution is -2.43. The van der Waals surface area contributed by atoms with Crippen LogP contribution in [0, 0.1) is 12.8 Å². The van der Waals surface area contributed by atoms with E-state index in [2.05, 4.69) is 17.2 Å². The highest BCUT2D eigenvalue weighted by molar-refractivity contribution is 7.09. The predicted molar refractivity (Wildman–Crippen MR) is 92.4 cm³/mol. The Balaban J connectivity index is 1.66. The molecule has 128 valence electrons. The number of thiazole rings is 1. The van der Waals surface area contributed by atoms with Gasteiger partial charge in [0.2, 0.25) is 11.8 Å². The van der Waals surface area contributed by atoms with Gasteiger partial charge in [0.05, 0.1) is 10.7 Å². The second-order valence-electron chi connectivity index (χ2n) is 6.16. The first-order valence-electron chi connectivity index (χ1n) is 8.56. The molecular weight excluding hydrogens is 310 g/mol. The van der Waals surface area contributed by atoms with Gasteiger partial charge in [-0.05, 0) is 26.2 Å². The summed E-state index contributed by atoms with van der Waals surface area (Å²) in [6.45, 7) is 6.15. The van der Waals surface area contributed by atoms with E-state index in [4.69, 9.17) is 0 Å². The van der Waals surface area contributed by atoms with E-state index in [-0.39, 0.29) is 17.7 Å². The molecule has 0 unspecified atom stereocenters. The Morgan fingerprint density at radius 3 is 2.74 bits per heavy atom. The number of amides is 2. The molecule has 0 saturated carbocycles. The Kier molecular flexibility index (Phi) is 7.02. The fourth-order valence-electron chi connectivity index (χ4n) is 2.86. The van der Waals surface area contributed by atoms with Crippen molar-refractivity contribution >= 4 is 23.2 Å². The van der Waals surface area contributed by atoms with Gasteiger partial charge in [-0.3, -0.25) is 9.59 Å². The summed E-state index contributed by atoms with van der Waals surface area (Å²) in [5, 5.41) is 6.12. The molecule has 0 aliphatic carbocycles. The number of rotatable bonds is 7. The van der Waals surface area contributed by atoms with Crippen LogP contribution in [0.3, 0.4) is 0 Å². The number of hydrogen-bond acceptors (Lipinski definition) is 4. The van der Waals surface area contributed by atoms with Gasteiger partial charge in [0.25, 0.3) is 0 Å². The van der Waals surface area contributed by atoms with Crippen molar-refractivity contribution in [2.75, 3.05) is 19.6 Å². The average molecular weight is 337 g/mol. The van der Waals surface area contributed by atoms with E-state index in [1.54, 1.807) is 11.3 Å². The molecule has 0 radical (unpaired) electrons. The van der Waals surface area contributed by atoms with Crippen LogP contribution in [0.4, 0.5) is 0 Å². The van der Waals surface area contributed by atoms with E-state index < -0.39 is 0 Å². The van der Waals surface area contributed by atoms with Crippen molar-refractivity contribution in [2.45, 2.75) is 52.4 Å². The van der Waals surface area contributed by atoms with Crippen molar-refractivity contribution in [1.29, 1.82) is 0 Å². The van der Waals surface area contributed by atoms with Gasteiger partial charge in [0, 0.05) is 43.8 Å². The van der Waals surface area contributed by atoms with Crippen LogP contribution in [0.25, 0.3) is 0 Å². The molecule has 1 aromatic heterocycles. The van der Waals surface area contributed by atoms with Crippen molar-refractivity contribution in [3.8, 4) is 0 Å². The largest absolute Gasteiger partial charge is 0.355 e. The van der Waals surface area contributed by atoms with Crippen molar-refractivity contribution in [1.82, 2.24) is 15.2 Å². The maximum atomic E-state index is 12.2. The zero-order valence-electron chi connectivity index (χ0n) is 14.1. The van der Waals surface area contributed by atoms with Gasteiger partial charge in [0.15, 0.2) is 0 Å². The smallest absolute Gasteiger partial charge is 0.223 e. The second-order valence-corrected chi connectivity index (χ2v) is 7.22. The lowest BCUT2D eigenvalue weighted by atomic mass is 9.95. The number of carbonyl (C=O) groups excluding carboxylic acids is 2. The van der Waals surface area contributed by atoms with Gasteiger partial charge in [-0.2, -0.15) is 0 Å². The Labute approximate surface area is 142 Å². The molecule has 6 heteroatoms. The molecular formula is C17H27N3O2S. The van der Waals surface area contributed by atoms with Crippen LogP contribution >= 0.6 is 11.3 Å². The summed E-state index contributed by atoms with van der Waals surface area (Å²) in [7, 11) is 0. The van der Waals surface area contributed by atoms with Gasteiger partial charge in [-0.25, -0.2) is 4.98 Å². The number of hydrogen-bond donors (Lipinski definition) is 1. The topological polar surface area (TPSA) is 62.3 Å². The van der Waals surface area contributed by atoms with Crippen LogP contribution in [0.2, 0.25) is 0 Å². The maximum Gasteiger partial charge on any atom is 0.223 e. The van der Waals surface area contributed by atoms with Crippen molar-refractivity contribution < 1.29 is 9.59 Å². The minimum Gasteiger partial charge on any atom is -0.355 e. The number of nitrogens with one attached hydrogen (secondary N) is 1. The van der Waals surface area contributed by atoms with E-state index in [9.17, 15) is 9.59 Å². The third-order valence-corrected chi connectivity index (χ3v) is 5.13. The molecule has 1 aliphatic heterocycles. The standard InChI is InChI=1S/C17H27N3O2S/c1-3-4-5-16(21)20-10-7-14(8-11-20)17(22)18-9-6-15-12-23-13(2)19-15/h12,14H,3-11H2,1-2H3,(H,18,22). The zero-order chi connectivity index (χ0) is 16.7. The van der Waals surface area contributed by atoms with E-state index >= 15 is 0 Å². The first-order chi connectivity index (χ1) is 11.1. The summed E-state index contributed by atoms with van der Waals surface area (Å²) in [6.07, 6.45) is 4.97. The van der Waals surface area contributed by atoms with Crippen molar-refractivity contribution in [3.05, 3.63) is 16.1 Å². The number of aromatic nitrogens is 1. The molecule has 1 aromatic rings. The summed E-state index contributed by atoms with van der Waals surface area (Å²) in [6, 6.07) is 0. The second kappa shape index (κ2) is 9.01. The number of likely N-dealkylation sites (tertiary alicyclic amines) is 1. The number of carbonyl (C=O) groups is 2. The van der Waals surface area contributed by atoms with Crippen LogP contribution in [-0.4, -0.2) is 41.3 Å². The Morgan fingerprint density at radius 1 is 1.39 bits per heavy atom. The normalized spacial score (nSPS) is 15.7. The van der Waals surface area contributed by atoms with Gasteiger partial charge >= 0.3 is 0 Å². The van der Waals surface area contributed by atoms with E-state index in [0.717, 1.165) is 42.8 Å². The molecule has 0 spiro atoms. The highest BCUT2D eigenvalue weighted by Gasteiger charge is 2.26. The Morgan fingerprint density at radius 2 is 2.13 bits per heavy atom. The molecule has 0 aromatic carbocycles. The highest BCUT2D eigenvalue weighted by Crippen LogP contribution is 2.18. The third kappa shape index (κ3) is 5.61. The SMILES string of the molecule is CCCCC(=O)N1CCC(C(=O)NCCc2csc(C)n2)CC1. The van der Waals surface area contributed by atoms with E-state index in [0.29, 0.717) is 26.1 Å². The molecule has 5 nitrogen and oxygen atoms in total. The molecule has 1 fully saturated rings. The lowest BCUT2D eigenvalue weighted by molar-refractivity contribution is -0.135. The summed E-state index contributed by atoms with van der Waals surface area (Å²) in [5.41, 5.74) is 1.05. The van der Waals surface area contributed by atoms with Gasteiger partial charge < -0.3 is 10.2 Å². The van der Waals surface area contributed by atoms with Crippen LogP contribution < -0.4 is 5.32 Å². The first-order valence-corrected chi connectivity index (χ1v) is 9.44. The molecule has 0 atom stereocenters. The van der Waals surface area contributed by atoms with Crippen molar-refractivity contribution in [2.24, 2.45) is 5.92 Å². The van der Waals surface area contributed by atoms with Gasteiger partial charge in [0.1, 0.15) is 0 Å². The monoisotopic (exact) mass is 337 g/mol. The number of piperidine rings is 1. The minimum atomic E-state index is 0.0439. The molecule has 2 amide bonds. The molecule has 2 heterocycles. The highest BCUT2D eigenvalue weighted by atomic mass is 32.1. The summed E-state index contributed by atoms with van der Waals surface area (Å²) >= 11 is 1.64. The van der Waals surface area contributed by atoms with Crippen LogP contribution in [-0.2, 0) is 16.0 Å². The average Bonchev–Trinajstić information content (AvgIpc) is 2.98. The minimum absolute atomic E-state index is 0.0439. The molecule has 0 bridgehead atoms. The molecule has 1 N–H and O–H groups in total. The zero-order valence-corrected chi connectivity index (χ0v) is 15.0. The molecule has 1 aliphatic rings. The number of unbranched alkanes of at least 4 members (excludes halogenated alkanes) is 1. The summed E-state index contributed by atoms with van der Waals surface area (Å²) in [5.74, 6) is 0.407.